The lowest BCUT2D eigenvalue weighted by Gasteiger charge is -2.23. The fourth-order valence-corrected chi connectivity index (χ4v) is 6.46. The van der Waals surface area contributed by atoms with Crippen molar-refractivity contribution in [2.75, 3.05) is 22.8 Å². The van der Waals surface area contributed by atoms with Gasteiger partial charge in [0.25, 0.3) is 15.9 Å². The molecule has 1 atom stereocenters. The molecule has 1 N–H and O–H groups in total. The number of ether oxygens (including phenoxy) is 1. The number of carbonyl (C=O) groups excluding carboxylic acids is 1. The second-order valence-electron chi connectivity index (χ2n) is 9.06. The number of anilines is 2. The summed E-state index contributed by atoms with van der Waals surface area (Å²) in [4.78, 5) is 20.3. The van der Waals surface area contributed by atoms with Crippen LogP contribution < -0.4 is 9.62 Å². The Kier molecular flexibility index (Phi) is 7.22. The molecule has 0 radical (unpaired) electrons. The van der Waals surface area contributed by atoms with Gasteiger partial charge in [0.05, 0.1) is 27.8 Å². The average Bonchev–Trinajstić information content (AvgIpc) is 3.55. The quantitative estimate of drug-likeness (QED) is 0.293. The lowest BCUT2D eigenvalue weighted by atomic mass is 10.1. The number of fused-ring (bicyclic) bond motifs is 1. The molecule has 1 saturated heterocycles. The van der Waals surface area contributed by atoms with Gasteiger partial charge in [-0.3, -0.25) is 14.4 Å². The summed E-state index contributed by atoms with van der Waals surface area (Å²) in [6.07, 6.45) is 1.76. The van der Waals surface area contributed by atoms with Crippen LogP contribution in [0.25, 0.3) is 10.2 Å². The molecule has 1 aliphatic heterocycles. The lowest BCUT2D eigenvalue weighted by molar-refractivity contribution is 0.0917. The van der Waals surface area contributed by atoms with Gasteiger partial charge in [-0.05, 0) is 80.8 Å². The number of thiazole rings is 1. The molecule has 4 aromatic rings. The number of hydrogen-bond donors (Lipinski definition) is 1. The van der Waals surface area contributed by atoms with Crippen molar-refractivity contribution >= 4 is 59.9 Å². The summed E-state index contributed by atoms with van der Waals surface area (Å²) in [5, 5.41) is 1.20. The maximum absolute atomic E-state index is 13.7. The van der Waals surface area contributed by atoms with E-state index in [4.69, 9.17) is 21.3 Å². The molecule has 192 valence electrons. The zero-order chi connectivity index (χ0) is 26.2. The van der Waals surface area contributed by atoms with Crippen molar-refractivity contribution in [3.05, 3.63) is 82.4 Å². The van der Waals surface area contributed by atoms with Gasteiger partial charge in [0.1, 0.15) is 0 Å². The molecule has 37 heavy (non-hydrogen) atoms. The maximum atomic E-state index is 13.7. The standard InChI is InChI=1S/C27H26ClN3O4S2/c1-17-5-11-22(12-6-17)37(33,34)30-20-9-7-19(8-10-20)26(32)31(16-21-4-3-15-35-21)27-29-25-18(2)23(28)13-14-24(25)36-27/h5-14,21,30H,3-4,15-16H2,1-2H3. The first-order chi connectivity index (χ1) is 17.7. The third kappa shape index (κ3) is 5.50. The Hall–Kier alpha value is -2.98. The Labute approximate surface area is 225 Å². The zero-order valence-corrected chi connectivity index (χ0v) is 22.8. The van der Waals surface area contributed by atoms with Crippen LogP contribution in [0.4, 0.5) is 10.8 Å². The number of carbonyl (C=O) groups is 1. The van der Waals surface area contributed by atoms with Gasteiger partial charge in [-0.1, -0.05) is 40.6 Å². The van der Waals surface area contributed by atoms with Crippen LogP contribution in [0.3, 0.4) is 0 Å². The molecule has 0 bridgehead atoms. The van der Waals surface area contributed by atoms with Gasteiger partial charge in [-0.2, -0.15) is 0 Å². The van der Waals surface area contributed by atoms with E-state index in [0.29, 0.717) is 34.6 Å². The molecule has 1 fully saturated rings. The summed E-state index contributed by atoms with van der Waals surface area (Å²) in [5.41, 5.74) is 3.41. The fraction of sp³-hybridized carbons (Fsp3) is 0.259. The number of hydrogen-bond acceptors (Lipinski definition) is 6. The molecular formula is C27H26ClN3O4S2. The molecule has 7 nitrogen and oxygen atoms in total. The number of sulfonamides is 1. The summed E-state index contributed by atoms with van der Waals surface area (Å²) >= 11 is 7.73. The van der Waals surface area contributed by atoms with Crippen LogP contribution in [-0.4, -0.2) is 38.6 Å². The van der Waals surface area contributed by atoms with Gasteiger partial charge in [-0.15, -0.1) is 0 Å². The first-order valence-electron chi connectivity index (χ1n) is 11.9. The molecule has 2 heterocycles. The molecule has 0 saturated carbocycles. The van der Waals surface area contributed by atoms with Gasteiger partial charge in [0.15, 0.2) is 5.13 Å². The summed E-state index contributed by atoms with van der Waals surface area (Å²) < 4.78 is 34.8. The van der Waals surface area contributed by atoms with Gasteiger partial charge >= 0.3 is 0 Å². The normalized spacial score (nSPS) is 15.7. The zero-order valence-electron chi connectivity index (χ0n) is 20.4. The number of amides is 1. The molecule has 3 aromatic carbocycles. The van der Waals surface area contributed by atoms with Crippen LogP contribution in [0, 0.1) is 13.8 Å². The van der Waals surface area contributed by atoms with Gasteiger partial charge in [0, 0.05) is 22.9 Å². The van der Waals surface area contributed by atoms with Crippen molar-refractivity contribution in [3.8, 4) is 0 Å². The number of halogens is 1. The van der Waals surface area contributed by atoms with E-state index in [9.17, 15) is 13.2 Å². The molecule has 5 rings (SSSR count). The number of nitrogens with one attached hydrogen (secondary N) is 1. The second-order valence-corrected chi connectivity index (χ2v) is 12.2. The van der Waals surface area contributed by atoms with Crippen LogP contribution in [0.15, 0.2) is 65.6 Å². The predicted molar refractivity (Wildman–Crippen MR) is 148 cm³/mol. The van der Waals surface area contributed by atoms with Crippen LogP contribution in [0.1, 0.15) is 34.3 Å². The molecule has 1 amide bonds. The van der Waals surface area contributed by atoms with Crippen molar-refractivity contribution < 1.29 is 17.9 Å². The highest BCUT2D eigenvalue weighted by Crippen LogP contribution is 2.35. The molecule has 0 spiro atoms. The minimum absolute atomic E-state index is 0.0683. The Balaban J connectivity index is 1.41. The highest BCUT2D eigenvalue weighted by molar-refractivity contribution is 7.92. The third-order valence-corrected chi connectivity index (χ3v) is 9.19. The first-order valence-corrected chi connectivity index (χ1v) is 14.6. The van der Waals surface area contributed by atoms with E-state index in [-0.39, 0.29) is 16.9 Å². The van der Waals surface area contributed by atoms with Crippen LogP contribution >= 0.6 is 22.9 Å². The Bertz CT molecular complexity index is 1550. The first kappa shape index (κ1) is 25.7. The maximum Gasteiger partial charge on any atom is 0.261 e. The monoisotopic (exact) mass is 555 g/mol. The average molecular weight is 556 g/mol. The SMILES string of the molecule is Cc1ccc(S(=O)(=O)Nc2ccc(C(=O)N(CC3CCCO3)c3nc4c(C)c(Cl)ccc4s3)cc2)cc1. The molecule has 1 unspecified atom stereocenters. The number of benzene rings is 3. The molecule has 1 aromatic heterocycles. The van der Waals surface area contributed by atoms with E-state index in [2.05, 4.69) is 4.72 Å². The minimum atomic E-state index is -3.74. The van der Waals surface area contributed by atoms with Crippen LogP contribution in [0.5, 0.6) is 0 Å². The third-order valence-electron chi connectivity index (χ3n) is 6.34. The Morgan fingerprint density at radius 1 is 1.11 bits per heavy atom. The van der Waals surface area contributed by atoms with Crippen molar-refractivity contribution in [1.82, 2.24) is 4.98 Å². The van der Waals surface area contributed by atoms with Gasteiger partial charge < -0.3 is 4.74 Å². The number of aryl methyl sites for hydroxylation is 2. The van der Waals surface area contributed by atoms with Crippen molar-refractivity contribution in [1.29, 1.82) is 0 Å². The van der Waals surface area contributed by atoms with Crippen molar-refractivity contribution in [2.24, 2.45) is 0 Å². The highest BCUT2D eigenvalue weighted by Gasteiger charge is 2.27. The molecular weight excluding hydrogens is 530 g/mol. The topological polar surface area (TPSA) is 88.6 Å². The second kappa shape index (κ2) is 10.4. The predicted octanol–water partition coefficient (Wildman–Crippen LogP) is 6.19. The van der Waals surface area contributed by atoms with E-state index in [1.165, 1.54) is 11.3 Å². The highest BCUT2D eigenvalue weighted by atomic mass is 35.5. The van der Waals surface area contributed by atoms with Crippen LogP contribution in [0.2, 0.25) is 5.02 Å². The summed E-state index contributed by atoms with van der Waals surface area (Å²) in [7, 11) is -3.74. The van der Waals surface area contributed by atoms with Crippen molar-refractivity contribution in [3.63, 3.8) is 0 Å². The lowest BCUT2D eigenvalue weighted by Crippen LogP contribution is -2.37. The smallest absolute Gasteiger partial charge is 0.261 e. The fourth-order valence-electron chi connectivity index (χ4n) is 4.21. The van der Waals surface area contributed by atoms with Gasteiger partial charge in [0.2, 0.25) is 0 Å². The number of rotatable bonds is 7. The summed E-state index contributed by atoms with van der Waals surface area (Å²) in [6.45, 7) is 4.87. The van der Waals surface area contributed by atoms with Crippen molar-refractivity contribution in [2.45, 2.75) is 37.7 Å². The van der Waals surface area contributed by atoms with Crippen LogP contribution in [-0.2, 0) is 14.8 Å². The van der Waals surface area contributed by atoms with E-state index in [0.717, 1.165) is 34.2 Å². The number of nitrogens with zero attached hydrogens (tertiary/aromatic N) is 2. The summed E-state index contributed by atoms with van der Waals surface area (Å²) in [5.74, 6) is -0.230. The molecule has 0 aliphatic carbocycles. The van der Waals surface area contributed by atoms with E-state index in [1.54, 1.807) is 53.4 Å². The van der Waals surface area contributed by atoms with Gasteiger partial charge in [-0.25, -0.2) is 13.4 Å². The molecule has 1 aliphatic rings. The number of aromatic nitrogens is 1. The Morgan fingerprint density at radius 2 is 1.84 bits per heavy atom. The molecule has 10 heteroatoms. The van der Waals surface area contributed by atoms with E-state index < -0.39 is 10.0 Å². The van der Waals surface area contributed by atoms with E-state index in [1.807, 2.05) is 26.0 Å². The summed E-state index contributed by atoms with van der Waals surface area (Å²) in [6, 6.07) is 16.8. The largest absolute Gasteiger partial charge is 0.376 e. The Morgan fingerprint density at radius 3 is 2.51 bits per heavy atom. The van der Waals surface area contributed by atoms with E-state index >= 15 is 0 Å². The minimum Gasteiger partial charge on any atom is -0.376 e.